The largest absolute Gasteiger partial charge is 0.326 e. The van der Waals surface area contributed by atoms with Gasteiger partial charge in [-0.3, -0.25) is 14.4 Å². The number of aryl methyl sites for hydroxylation is 1. The molecule has 1 saturated heterocycles. The monoisotopic (exact) mass is 388 g/mol. The molecule has 27 heavy (non-hydrogen) atoms. The zero-order chi connectivity index (χ0) is 19.4. The SMILES string of the molecule is Cc1nn(CC(C)C(=O)Nc2ccc(CN3CCCCC3)cc2)c(C)c1Cl. The number of hydrogen-bond acceptors (Lipinski definition) is 3. The Hall–Kier alpha value is -1.85. The van der Waals surface area contributed by atoms with E-state index in [0.29, 0.717) is 11.6 Å². The number of carbonyl (C=O) groups is 1. The lowest BCUT2D eigenvalue weighted by molar-refractivity contribution is -0.119. The molecule has 5 nitrogen and oxygen atoms in total. The van der Waals surface area contributed by atoms with Crippen LogP contribution in [-0.2, 0) is 17.9 Å². The number of amides is 1. The zero-order valence-electron chi connectivity index (χ0n) is 16.5. The Morgan fingerprint density at radius 1 is 1.19 bits per heavy atom. The predicted molar refractivity (Wildman–Crippen MR) is 110 cm³/mol. The molecule has 1 aromatic heterocycles. The predicted octanol–water partition coefficient (Wildman–Crippen LogP) is 4.41. The molecule has 1 amide bonds. The molecular weight excluding hydrogens is 360 g/mol. The number of rotatable bonds is 6. The first kappa shape index (κ1) is 19.9. The van der Waals surface area contributed by atoms with E-state index < -0.39 is 0 Å². The molecule has 0 bridgehead atoms. The molecule has 2 aromatic rings. The fraction of sp³-hybridized carbons (Fsp3) is 0.524. The number of aromatic nitrogens is 2. The summed E-state index contributed by atoms with van der Waals surface area (Å²) in [5.41, 5.74) is 3.82. The van der Waals surface area contributed by atoms with Gasteiger partial charge in [-0.1, -0.05) is 37.1 Å². The molecule has 1 unspecified atom stereocenters. The highest BCUT2D eigenvalue weighted by Gasteiger charge is 2.17. The van der Waals surface area contributed by atoms with E-state index >= 15 is 0 Å². The fourth-order valence-electron chi connectivity index (χ4n) is 3.53. The van der Waals surface area contributed by atoms with E-state index in [1.165, 1.54) is 37.9 Å². The molecule has 1 aliphatic heterocycles. The van der Waals surface area contributed by atoms with E-state index in [0.717, 1.165) is 23.6 Å². The molecule has 6 heteroatoms. The van der Waals surface area contributed by atoms with Crippen molar-refractivity contribution in [2.45, 2.75) is 53.1 Å². The van der Waals surface area contributed by atoms with Crippen LogP contribution < -0.4 is 5.32 Å². The summed E-state index contributed by atoms with van der Waals surface area (Å²) in [7, 11) is 0. The van der Waals surface area contributed by atoms with Crippen molar-refractivity contribution < 1.29 is 4.79 Å². The van der Waals surface area contributed by atoms with Crippen LogP contribution in [-0.4, -0.2) is 33.7 Å². The lowest BCUT2D eigenvalue weighted by Gasteiger charge is -2.26. The topological polar surface area (TPSA) is 50.2 Å². The molecule has 0 saturated carbocycles. The van der Waals surface area contributed by atoms with Gasteiger partial charge >= 0.3 is 0 Å². The van der Waals surface area contributed by atoms with Crippen LogP contribution in [0.25, 0.3) is 0 Å². The second-order valence-electron chi connectivity index (χ2n) is 7.59. The van der Waals surface area contributed by atoms with E-state index in [9.17, 15) is 4.79 Å². The molecule has 0 spiro atoms. The van der Waals surface area contributed by atoms with Crippen molar-refractivity contribution in [3.05, 3.63) is 46.2 Å². The highest BCUT2D eigenvalue weighted by Crippen LogP contribution is 2.20. The van der Waals surface area contributed by atoms with E-state index in [1.54, 1.807) is 0 Å². The molecule has 0 aliphatic carbocycles. The number of benzene rings is 1. The van der Waals surface area contributed by atoms with Crippen molar-refractivity contribution in [3.8, 4) is 0 Å². The summed E-state index contributed by atoms with van der Waals surface area (Å²) in [5.74, 6) is -0.213. The van der Waals surface area contributed by atoms with Crippen molar-refractivity contribution >= 4 is 23.2 Å². The second-order valence-corrected chi connectivity index (χ2v) is 7.97. The van der Waals surface area contributed by atoms with Crippen molar-refractivity contribution in [1.82, 2.24) is 14.7 Å². The first-order valence-electron chi connectivity index (χ1n) is 9.75. The van der Waals surface area contributed by atoms with E-state index in [4.69, 9.17) is 11.6 Å². The van der Waals surface area contributed by atoms with E-state index in [2.05, 4.69) is 27.4 Å². The maximum Gasteiger partial charge on any atom is 0.229 e. The van der Waals surface area contributed by atoms with E-state index in [1.807, 2.05) is 37.6 Å². The quantitative estimate of drug-likeness (QED) is 0.797. The molecule has 3 rings (SSSR count). The number of anilines is 1. The van der Waals surface area contributed by atoms with Crippen LogP contribution in [0.3, 0.4) is 0 Å². The highest BCUT2D eigenvalue weighted by atomic mass is 35.5. The molecule has 1 N–H and O–H groups in total. The van der Waals surface area contributed by atoms with Gasteiger partial charge in [-0.15, -0.1) is 0 Å². The van der Waals surface area contributed by atoms with Gasteiger partial charge < -0.3 is 5.32 Å². The Bertz CT molecular complexity index is 778. The summed E-state index contributed by atoms with van der Waals surface area (Å²) >= 11 is 6.19. The number of halogens is 1. The summed E-state index contributed by atoms with van der Waals surface area (Å²) < 4.78 is 1.81. The molecule has 1 fully saturated rings. The smallest absolute Gasteiger partial charge is 0.229 e. The van der Waals surface area contributed by atoms with Crippen LogP contribution in [0.2, 0.25) is 5.02 Å². The third-order valence-corrected chi connectivity index (χ3v) is 5.81. The summed E-state index contributed by atoms with van der Waals surface area (Å²) in [5, 5.41) is 8.09. The standard InChI is InChI=1S/C21H29ClN4O/c1-15(13-26-17(3)20(22)16(2)24-26)21(27)23-19-9-7-18(8-10-19)14-25-11-5-4-6-12-25/h7-10,15H,4-6,11-14H2,1-3H3,(H,23,27). The highest BCUT2D eigenvalue weighted by molar-refractivity contribution is 6.31. The number of likely N-dealkylation sites (tertiary alicyclic amines) is 1. The van der Waals surface area contributed by atoms with Crippen molar-refractivity contribution in [2.75, 3.05) is 18.4 Å². The number of carbonyl (C=O) groups excluding carboxylic acids is 1. The van der Waals surface area contributed by atoms with Gasteiger partial charge in [0.15, 0.2) is 0 Å². The van der Waals surface area contributed by atoms with Crippen LogP contribution in [0, 0.1) is 19.8 Å². The van der Waals surface area contributed by atoms with Crippen molar-refractivity contribution in [2.24, 2.45) is 5.92 Å². The third-order valence-electron chi connectivity index (χ3n) is 5.26. The van der Waals surface area contributed by atoms with E-state index in [-0.39, 0.29) is 11.8 Å². The minimum Gasteiger partial charge on any atom is -0.326 e. The maximum atomic E-state index is 12.5. The molecular formula is C21H29ClN4O. The summed E-state index contributed by atoms with van der Waals surface area (Å²) in [6, 6.07) is 8.19. The Morgan fingerprint density at radius 3 is 2.44 bits per heavy atom. The van der Waals surface area contributed by atoms with Gasteiger partial charge in [-0.05, 0) is 57.5 Å². The lowest BCUT2D eigenvalue weighted by atomic mass is 10.1. The lowest BCUT2D eigenvalue weighted by Crippen LogP contribution is -2.29. The minimum absolute atomic E-state index is 0.0116. The summed E-state index contributed by atoms with van der Waals surface area (Å²) in [4.78, 5) is 15.0. The Morgan fingerprint density at radius 2 is 1.85 bits per heavy atom. The van der Waals surface area contributed by atoms with Gasteiger partial charge in [0.25, 0.3) is 0 Å². The fourth-order valence-corrected chi connectivity index (χ4v) is 3.67. The van der Waals surface area contributed by atoms with Crippen molar-refractivity contribution in [1.29, 1.82) is 0 Å². The molecule has 1 aliphatic rings. The Kier molecular flexibility index (Phi) is 6.55. The first-order valence-corrected chi connectivity index (χ1v) is 10.1. The van der Waals surface area contributed by atoms with Gasteiger partial charge in [-0.25, -0.2) is 0 Å². The first-order chi connectivity index (χ1) is 12.9. The third kappa shape index (κ3) is 5.11. The number of piperidine rings is 1. The number of nitrogens with zero attached hydrogens (tertiary/aromatic N) is 3. The van der Waals surface area contributed by atoms with Crippen LogP contribution in [0.5, 0.6) is 0 Å². The number of nitrogens with one attached hydrogen (secondary N) is 1. The van der Waals surface area contributed by atoms with Gasteiger partial charge in [0.05, 0.1) is 28.9 Å². The van der Waals surface area contributed by atoms with Gasteiger partial charge in [-0.2, -0.15) is 5.10 Å². The minimum atomic E-state index is -0.202. The van der Waals surface area contributed by atoms with Crippen LogP contribution in [0.1, 0.15) is 43.1 Å². The van der Waals surface area contributed by atoms with Crippen LogP contribution in [0.4, 0.5) is 5.69 Å². The second kappa shape index (κ2) is 8.89. The Balaban J connectivity index is 1.54. The summed E-state index contributed by atoms with van der Waals surface area (Å²) in [6.45, 7) is 9.58. The van der Waals surface area contributed by atoms with Crippen molar-refractivity contribution in [3.63, 3.8) is 0 Å². The van der Waals surface area contributed by atoms with Crippen LogP contribution >= 0.6 is 11.6 Å². The normalized spacial score (nSPS) is 16.3. The zero-order valence-corrected chi connectivity index (χ0v) is 17.2. The molecule has 1 atom stereocenters. The van der Waals surface area contributed by atoms with Gasteiger partial charge in [0.1, 0.15) is 0 Å². The average molecular weight is 389 g/mol. The maximum absolute atomic E-state index is 12.5. The average Bonchev–Trinajstić information content (AvgIpc) is 2.91. The molecule has 1 aromatic carbocycles. The summed E-state index contributed by atoms with van der Waals surface area (Å²) in [6.07, 6.45) is 3.95. The molecule has 0 radical (unpaired) electrons. The van der Waals surface area contributed by atoms with Gasteiger partial charge in [0.2, 0.25) is 5.91 Å². The number of hydrogen-bond donors (Lipinski definition) is 1. The van der Waals surface area contributed by atoms with Gasteiger partial charge in [0, 0.05) is 12.2 Å². The van der Waals surface area contributed by atoms with Crippen LogP contribution in [0.15, 0.2) is 24.3 Å². The molecule has 2 heterocycles. The molecule has 146 valence electrons. The Labute approximate surface area is 166 Å².